The molecule has 1 N–H and O–H groups in total. The summed E-state index contributed by atoms with van der Waals surface area (Å²) in [4.78, 5) is 21.2. The van der Waals surface area contributed by atoms with Crippen LogP contribution >= 0.6 is 11.6 Å². The summed E-state index contributed by atoms with van der Waals surface area (Å²) in [5.74, 6) is 0.542. The second kappa shape index (κ2) is 17.0. The van der Waals surface area contributed by atoms with Crippen LogP contribution in [0, 0.1) is 17.8 Å². The number of hydrogen-bond acceptors (Lipinski definition) is 8. The predicted octanol–water partition coefficient (Wildman–Crippen LogP) is 7.15. The van der Waals surface area contributed by atoms with Crippen LogP contribution in [0.3, 0.4) is 0 Å². The van der Waals surface area contributed by atoms with Gasteiger partial charge < -0.3 is 14.4 Å². The molecule has 53 heavy (non-hydrogen) atoms. The minimum Gasteiger partial charge on any atom is -0.491 e. The molecule has 9 nitrogen and oxygen atoms in total. The molecule has 2 bridgehead atoms. The largest absolute Gasteiger partial charge is 0.491 e. The topological polar surface area (TPSA) is 91.4 Å². The highest BCUT2D eigenvalue weighted by Crippen LogP contribution is 2.47. The maximum Gasteiger partial charge on any atom is 0.264 e. The Kier molecular flexibility index (Phi) is 12.9. The maximum absolute atomic E-state index is 13.6. The van der Waals surface area contributed by atoms with Gasteiger partial charge in [0, 0.05) is 62.4 Å². The van der Waals surface area contributed by atoms with Crippen molar-refractivity contribution in [2.24, 2.45) is 17.8 Å². The number of aryl methyl sites for hydroxylation is 1. The summed E-state index contributed by atoms with van der Waals surface area (Å²) in [6, 6.07) is 12.1. The molecule has 1 amide bonds. The van der Waals surface area contributed by atoms with Crippen molar-refractivity contribution in [1.82, 2.24) is 14.5 Å². The van der Waals surface area contributed by atoms with Gasteiger partial charge in [-0.05, 0) is 125 Å². The zero-order valence-corrected chi connectivity index (χ0v) is 34.2. The summed E-state index contributed by atoms with van der Waals surface area (Å²) in [5, 5.41) is -0.0416. The Bertz CT molecular complexity index is 1740. The zero-order valence-electron chi connectivity index (χ0n) is 32.7. The van der Waals surface area contributed by atoms with Crippen LogP contribution in [0.15, 0.2) is 48.6 Å². The molecule has 2 aromatic carbocycles. The number of hydrogen-bond donors (Lipinski definition) is 1. The van der Waals surface area contributed by atoms with Crippen molar-refractivity contribution < 1.29 is 22.7 Å². The summed E-state index contributed by atoms with van der Waals surface area (Å²) < 4.78 is 42.8. The van der Waals surface area contributed by atoms with Crippen molar-refractivity contribution in [3.05, 3.63) is 70.3 Å². The third-order valence-electron chi connectivity index (χ3n) is 12.6. The minimum absolute atomic E-state index is 0.0680. The summed E-state index contributed by atoms with van der Waals surface area (Å²) in [5.41, 5.74) is 3.07. The summed E-state index contributed by atoms with van der Waals surface area (Å²) in [7, 11) is -2.09. The van der Waals surface area contributed by atoms with Crippen LogP contribution < -0.4 is 14.4 Å². The predicted molar refractivity (Wildman–Crippen MR) is 215 cm³/mol. The Labute approximate surface area is 323 Å². The maximum atomic E-state index is 13.6. The van der Waals surface area contributed by atoms with E-state index in [1.165, 1.54) is 11.1 Å². The van der Waals surface area contributed by atoms with Crippen molar-refractivity contribution >= 4 is 33.2 Å². The fourth-order valence-electron chi connectivity index (χ4n) is 9.02. The fourth-order valence-corrected chi connectivity index (χ4v) is 10.5. The van der Waals surface area contributed by atoms with Crippen LogP contribution in [-0.4, -0.2) is 101 Å². The van der Waals surface area contributed by atoms with Gasteiger partial charge in [-0.1, -0.05) is 50.1 Å². The molecule has 1 aliphatic carbocycles. The number of carbonyl (C=O) groups excluding carboxylic acids is 1. The van der Waals surface area contributed by atoms with Crippen molar-refractivity contribution in [3.8, 4) is 5.75 Å². The van der Waals surface area contributed by atoms with Crippen LogP contribution in [-0.2, 0) is 21.2 Å². The molecule has 2 fully saturated rings. The lowest BCUT2D eigenvalue weighted by atomic mass is 9.63. The van der Waals surface area contributed by atoms with E-state index in [-0.39, 0.29) is 17.8 Å². The molecule has 0 spiro atoms. The average molecular weight is 769 g/mol. The normalized spacial score (nSPS) is 30.7. The Morgan fingerprint density at radius 3 is 2.58 bits per heavy atom. The molecule has 6 rings (SSSR count). The third kappa shape index (κ3) is 8.93. The van der Waals surface area contributed by atoms with E-state index in [0.717, 1.165) is 82.1 Å². The van der Waals surface area contributed by atoms with Crippen LogP contribution in [0.4, 0.5) is 5.69 Å². The van der Waals surface area contributed by atoms with E-state index < -0.39 is 26.8 Å². The van der Waals surface area contributed by atoms with E-state index in [1.807, 2.05) is 32.2 Å². The SMILES string of the molecule is CCCc1cc(Cl)ccc1[C@@H]1COc2ccc3cc2N(C1)C[C@@H]1CC[C@H]1[C@](CN1CCCN(C(C)C)CC1)(OC)/C=C/C[C@H](C)[C@@H](C)S(=O)(=O)NC3=O. The Morgan fingerprint density at radius 1 is 1.06 bits per heavy atom. The van der Waals surface area contributed by atoms with Crippen LogP contribution in [0.2, 0.25) is 5.02 Å². The molecule has 3 aliphatic heterocycles. The number of ether oxygens (including phenoxy) is 2. The lowest BCUT2D eigenvalue weighted by Crippen LogP contribution is -2.56. The Balaban J connectivity index is 1.40. The molecule has 1 saturated carbocycles. The first-order chi connectivity index (χ1) is 25.3. The van der Waals surface area contributed by atoms with Crippen molar-refractivity contribution in [1.29, 1.82) is 0 Å². The number of anilines is 1. The van der Waals surface area contributed by atoms with Gasteiger partial charge in [0.25, 0.3) is 5.91 Å². The standard InChI is InChI=1S/C42H61ClN4O5S/c1-7-10-32-23-36(43)14-15-37(32)35-26-47-25-34-12-16-38(34)42(51-6,28-45-19-9-20-46(22-21-45)29(2)3)18-8-11-30(4)31(5)53(49,50)44-41(48)33-13-17-40(52-27-35)39(47)24-33/h8,13-15,17-18,23-24,29-31,34-35,38H,7,9-12,16,19-22,25-28H2,1-6H3,(H,44,48)/b18-8+/t30-,31+,34-,35-,38+,42-/m0/s1. The molecular formula is C42H61ClN4O5S. The van der Waals surface area contributed by atoms with Gasteiger partial charge in [-0.25, -0.2) is 13.1 Å². The van der Waals surface area contributed by atoms with E-state index >= 15 is 0 Å². The van der Waals surface area contributed by atoms with Gasteiger partial charge in [0.1, 0.15) is 11.4 Å². The first kappa shape index (κ1) is 40.0. The van der Waals surface area contributed by atoms with E-state index in [9.17, 15) is 13.2 Å². The van der Waals surface area contributed by atoms with Gasteiger partial charge >= 0.3 is 0 Å². The van der Waals surface area contributed by atoms with Crippen LogP contribution in [0.5, 0.6) is 5.75 Å². The summed E-state index contributed by atoms with van der Waals surface area (Å²) in [6.45, 7) is 17.3. The second-order valence-corrected chi connectivity index (χ2v) is 18.8. The monoisotopic (exact) mass is 768 g/mol. The van der Waals surface area contributed by atoms with Gasteiger partial charge in [0.2, 0.25) is 10.0 Å². The number of halogens is 1. The number of amides is 1. The minimum atomic E-state index is -3.95. The second-order valence-electron chi connectivity index (χ2n) is 16.3. The molecule has 2 aromatic rings. The molecule has 11 heteroatoms. The quantitative estimate of drug-likeness (QED) is 0.298. The van der Waals surface area contributed by atoms with Gasteiger partial charge in [-0.3, -0.25) is 14.6 Å². The lowest BCUT2D eigenvalue weighted by Gasteiger charge is -2.51. The number of fused-ring (bicyclic) bond motifs is 2. The average Bonchev–Trinajstić information content (AvgIpc) is 3.45. The number of nitrogens with one attached hydrogen (secondary N) is 1. The number of allylic oxidation sites excluding steroid dienone is 1. The van der Waals surface area contributed by atoms with E-state index in [0.29, 0.717) is 42.8 Å². The number of methoxy groups -OCH3 is 1. The van der Waals surface area contributed by atoms with Crippen molar-refractivity contribution in [3.63, 3.8) is 0 Å². The van der Waals surface area contributed by atoms with Crippen LogP contribution in [0.25, 0.3) is 0 Å². The summed E-state index contributed by atoms with van der Waals surface area (Å²) in [6.07, 6.45) is 10.2. The van der Waals surface area contributed by atoms with E-state index in [1.54, 1.807) is 13.0 Å². The first-order valence-corrected chi connectivity index (χ1v) is 21.8. The van der Waals surface area contributed by atoms with E-state index in [4.69, 9.17) is 21.1 Å². The molecule has 6 atom stereocenters. The highest BCUT2D eigenvalue weighted by molar-refractivity contribution is 7.90. The molecule has 0 radical (unpaired) electrons. The molecule has 3 heterocycles. The van der Waals surface area contributed by atoms with Crippen molar-refractivity contribution in [2.75, 3.05) is 64.4 Å². The number of rotatable bonds is 7. The number of sulfonamides is 1. The van der Waals surface area contributed by atoms with Gasteiger partial charge in [0.15, 0.2) is 0 Å². The fraction of sp³-hybridized carbons (Fsp3) is 0.643. The lowest BCUT2D eigenvalue weighted by molar-refractivity contribution is -0.0910. The Hall–Kier alpha value is -2.63. The van der Waals surface area contributed by atoms with Gasteiger partial charge in [-0.2, -0.15) is 0 Å². The molecular weight excluding hydrogens is 708 g/mol. The highest BCUT2D eigenvalue weighted by atomic mass is 35.5. The van der Waals surface area contributed by atoms with Gasteiger partial charge in [-0.15, -0.1) is 0 Å². The molecule has 4 aliphatic rings. The highest BCUT2D eigenvalue weighted by Gasteiger charge is 2.48. The third-order valence-corrected chi connectivity index (χ3v) is 14.8. The number of benzene rings is 2. The van der Waals surface area contributed by atoms with Gasteiger partial charge in [0.05, 0.1) is 17.5 Å². The number of nitrogens with zero attached hydrogens (tertiary/aromatic N) is 3. The van der Waals surface area contributed by atoms with E-state index in [2.05, 4.69) is 64.5 Å². The number of carbonyl (C=O) groups is 1. The summed E-state index contributed by atoms with van der Waals surface area (Å²) >= 11 is 6.50. The van der Waals surface area contributed by atoms with Crippen LogP contribution in [0.1, 0.15) is 94.1 Å². The molecule has 0 unspecified atom stereocenters. The smallest absolute Gasteiger partial charge is 0.264 e. The molecule has 0 aromatic heterocycles. The zero-order chi connectivity index (χ0) is 37.9. The van der Waals surface area contributed by atoms with Crippen molar-refractivity contribution in [2.45, 2.75) is 96.0 Å². The first-order valence-electron chi connectivity index (χ1n) is 19.9. The molecule has 292 valence electrons. The Morgan fingerprint density at radius 2 is 1.87 bits per heavy atom. The molecule has 1 saturated heterocycles.